The third-order valence-electron chi connectivity index (χ3n) is 1.50. The molecule has 4 heteroatoms. The second-order valence-corrected chi connectivity index (χ2v) is 2.13. The Morgan fingerprint density at radius 3 is 3.00 bits per heavy atom. The van der Waals surface area contributed by atoms with Gasteiger partial charge in [0.1, 0.15) is 0 Å². The van der Waals surface area contributed by atoms with Gasteiger partial charge in [0.15, 0.2) is 0 Å². The predicted octanol–water partition coefficient (Wildman–Crippen LogP) is -0.394. The number of hydrogen-bond acceptors (Lipinski definition) is 4. The van der Waals surface area contributed by atoms with Crippen LogP contribution in [0.5, 0.6) is 0 Å². The maximum Gasteiger partial charge on any atom is 0.223 e. The molecule has 1 saturated heterocycles. The number of nitrogens with one attached hydrogen (secondary N) is 2. The highest BCUT2D eigenvalue weighted by Crippen LogP contribution is 2.05. The van der Waals surface area contributed by atoms with E-state index in [2.05, 4.69) is 10.2 Å². The SMILES string of the molecule is N=C(ON)[C@@H]1CCCN1. The van der Waals surface area contributed by atoms with Crippen LogP contribution in [0.4, 0.5) is 0 Å². The number of hydrogen-bond donors (Lipinski definition) is 3. The summed E-state index contributed by atoms with van der Waals surface area (Å²) in [6, 6.07) is 0.0648. The van der Waals surface area contributed by atoms with Crippen molar-refractivity contribution in [1.82, 2.24) is 5.32 Å². The van der Waals surface area contributed by atoms with E-state index in [9.17, 15) is 0 Å². The minimum Gasteiger partial charge on any atom is -0.395 e. The molecular formula is C5H11N3O. The first kappa shape index (κ1) is 6.51. The molecule has 4 nitrogen and oxygen atoms in total. The van der Waals surface area contributed by atoms with Crippen molar-refractivity contribution in [2.75, 3.05) is 6.54 Å². The van der Waals surface area contributed by atoms with Crippen molar-refractivity contribution in [3.05, 3.63) is 0 Å². The van der Waals surface area contributed by atoms with Crippen LogP contribution in [0.3, 0.4) is 0 Å². The summed E-state index contributed by atoms with van der Waals surface area (Å²) < 4.78 is 0. The molecule has 0 amide bonds. The Morgan fingerprint density at radius 2 is 2.56 bits per heavy atom. The molecule has 0 spiro atoms. The summed E-state index contributed by atoms with van der Waals surface area (Å²) >= 11 is 0. The van der Waals surface area contributed by atoms with Gasteiger partial charge in [-0.15, -0.1) is 0 Å². The van der Waals surface area contributed by atoms with Gasteiger partial charge in [-0.3, -0.25) is 5.41 Å². The second-order valence-electron chi connectivity index (χ2n) is 2.13. The molecule has 1 heterocycles. The first-order valence-electron chi connectivity index (χ1n) is 3.03. The Bertz CT molecular complexity index is 109. The fourth-order valence-electron chi connectivity index (χ4n) is 0.990. The van der Waals surface area contributed by atoms with Crippen LogP contribution < -0.4 is 11.2 Å². The highest BCUT2D eigenvalue weighted by Gasteiger charge is 2.19. The van der Waals surface area contributed by atoms with Gasteiger partial charge in [0.05, 0.1) is 6.04 Å². The molecule has 1 aliphatic rings. The van der Waals surface area contributed by atoms with Crippen LogP contribution in [0.1, 0.15) is 12.8 Å². The maximum absolute atomic E-state index is 7.12. The van der Waals surface area contributed by atoms with Crippen LogP contribution in [0.25, 0.3) is 0 Å². The van der Waals surface area contributed by atoms with Gasteiger partial charge in [-0.25, -0.2) is 0 Å². The molecule has 0 aromatic carbocycles. The summed E-state index contributed by atoms with van der Waals surface area (Å²) in [6.07, 6.45) is 2.08. The highest BCUT2D eigenvalue weighted by molar-refractivity contribution is 5.78. The molecule has 52 valence electrons. The molecule has 4 N–H and O–H groups in total. The first-order valence-corrected chi connectivity index (χ1v) is 3.03. The Kier molecular flexibility index (Phi) is 2.02. The summed E-state index contributed by atoms with van der Waals surface area (Å²) in [6.45, 7) is 0.969. The van der Waals surface area contributed by atoms with E-state index in [1.807, 2.05) is 0 Å². The summed E-state index contributed by atoms with van der Waals surface area (Å²) in [5.74, 6) is 4.93. The van der Waals surface area contributed by atoms with E-state index < -0.39 is 0 Å². The van der Waals surface area contributed by atoms with Crippen molar-refractivity contribution in [1.29, 1.82) is 5.41 Å². The fraction of sp³-hybridized carbons (Fsp3) is 0.800. The van der Waals surface area contributed by atoms with E-state index in [4.69, 9.17) is 11.3 Å². The smallest absolute Gasteiger partial charge is 0.223 e. The van der Waals surface area contributed by atoms with Crippen LogP contribution in [0, 0.1) is 5.41 Å². The van der Waals surface area contributed by atoms with Gasteiger partial charge >= 0.3 is 0 Å². The van der Waals surface area contributed by atoms with E-state index in [-0.39, 0.29) is 11.9 Å². The lowest BCUT2D eigenvalue weighted by Gasteiger charge is -2.07. The van der Waals surface area contributed by atoms with Gasteiger partial charge < -0.3 is 10.2 Å². The lowest BCUT2D eigenvalue weighted by Crippen LogP contribution is -2.33. The molecule has 0 aromatic rings. The summed E-state index contributed by atoms with van der Waals surface area (Å²) in [7, 11) is 0. The first-order chi connectivity index (χ1) is 4.34. The molecule has 1 atom stereocenters. The monoisotopic (exact) mass is 129 g/mol. The van der Waals surface area contributed by atoms with Gasteiger partial charge in [-0.2, -0.15) is 5.90 Å². The van der Waals surface area contributed by atoms with Crippen molar-refractivity contribution in [3.8, 4) is 0 Å². The van der Waals surface area contributed by atoms with E-state index >= 15 is 0 Å². The van der Waals surface area contributed by atoms with Crippen molar-refractivity contribution in [2.45, 2.75) is 18.9 Å². The Balaban J connectivity index is 2.32. The second kappa shape index (κ2) is 2.80. The van der Waals surface area contributed by atoms with Crippen molar-refractivity contribution in [3.63, 3.8) is 0 Å². The molecule has 0 saturated carbocycles. The lowest BCUT2D eigenvalue weighted by molar-refractivity contribution is 0.297. The zero-order chi connectivity index (χ0) is 6.69. The van der Waals surface area contributed by atoms with Gasteiger partial charge in [0.2, 0.25) is 5.90 Å². The predicted molar refractivity (Wildman–Crippen MR) is 34.0 cm³/mol. The maximum atomic E-state index is 7.12. The van der Waals surface area contributed by atoms with Crippen LogP contribution in [-0.4, -0.2) is 18.5 Å². The highest BCUT2D eigenvalue weighted by atomic mass is 16.6. The van der Waals surface area contributed by atoms with Crippen molar-refractivity contribution in [2.24, 2.45) is 5.90 Å². The van der Waals surface area contributed by atoms with Gasteiger partial charge in [-0.05, 0) is 19.4 Å². The number of nitrogens with two attached hydrogens (primary N) is 1. The largest absolute Gasteiger partial charge is 0.395 e. The zero-order valence-electron chi connectivity index (χ0n) is 5.18. The van der Waals surface area contributed by atoms with E-state index in [0.29, 0.717) is 0 Å². The Labute approximate surface area is 53.8 Å². The summed E-state index contributed by atoms with van der Waals surface area (Å²) in [5.41, 5.74) is 0. The Morgan fingerprint density at radius 1 is 1.78 bits per heavy atom. The molecule has 0 aliphatic carbocycles. The summed E-state index contributed by atoms with van der Waals surface area (Å²) in [5, 5.41) is 10.2. The molecule has 1 aliphatic heterocycles. The minimum atomic E-state index is 0.0648. The van der Waals surface area contributed by atoms with Crippen molar-refractivity contribution < 1.29 is 4.84 Å². The van der Waals surface area contributed by atoms with Crippen LogP contribution in [0.15, 0.2) is 0 Å². The van der Waals surface area contributed by atoms with Gasteiger partial charge in [0.25, 0.3) is 0 Å². The minimum absolute atomic E-state index is 0.0648. The van der Waals surface area contributed by atoms with Crippen molar-refractivity contribution >= 4 is 5.90 Å². The van der Waals surface area contributed by atoms with Crippen LogP contribution in [-0.2, 0) is 4.84 Å². The average molecular weight is 129 g/mol. The third kappa shape index (κ3) is 1.40. The Hall–Kier alpha value is -0.610. The van der Waals surface area contributed by atoms with E-state index in [0.717, 1.165) is 19.4 Å². The fourth-order valence-corrected chi connectivity index (χ4v) is 0.990. The molecular weight excluding hydrogens is 118 g/mol. The van der Waals surface area contributed by atoms with Gasteiger partial charge in [0, 0.05) is 0 Å². The molecule has 1 fully saturated rings. The molecule has 0 unspecified atom stereocenters. The quantitative estimate of drug-likeness (QED) is 0.256. The summed E-state index contributed by atoms with van der Waals surface area (Å²) in [4.78, 5) is 4.25. The molecule has 0 aromatic heterocycles. The topological polar surface area (TPSA) is 71.1 Å². The van der Waals surface area contributed by atoms with E-state index in [1.54, 1.807) is 0 Å². The lowest BCUT2D eigenvalue weighted by atomic mass is 10.2. The zero-order valence-corrected chi connectivity index (χ0v) is 5.18. The van der Waals surface area contributed by atoms with Crippen LogP contribution in [0.2, 0.25) is 0 Å². The normalized spacial score (nSPS) is 26.1. The molecule has 1 rings (SSSR count). The average Bonchev–Trinajstić information content (AvgIpc) is 2.37. The van der Waals surface area contributed by atoms with Crippen LogP contribution >= 0.6 is 0 Å². The molecule has 0 radical (unpaired) electrons. The molecule has 9 heavy (non-hydrogen) atoms. The molecule has 0 bridgehead atoms. The standard InChI is InChI=1S/C5H11N3O/c6-5(9-7)4-2-1-3-8-4/h4,6,8H,1-3,7H2/t4-/m0/s1. The van der Waals surface area contributed by atoms with Gasteiger partial charge in [-0.1, -0.05) is 0 Å². The van der Waals surface area contributed by atoms with E-state index in [1.165, 1.54) is 0 Å². The number of rotatable bonds is 1. The third-order valence-corrected chi connectivity index (χ3v) is 1.50.